The summed E-state index contributed by atoms with van der Waals surface area (Å²) in [7, 11) is 0. The maximum absolute atomic E-state index is 11.2. The molecule has 0 unspecified atom stereocenters. The molecular formula is C14H12Br2N2O. The molecule has 0 radical (unpaired) electrons. The van der Waals surface area contributed by atoms with Crippen molar-refractivity contribution in [2.75, 3.05) is 10.6 Å². The number of hydrogen-bond acceptors (Lipinski definition) is 2. The lowest BCUT2D eigenvalue weighted by Gasteiger charge is -2.13. The monoisotopic (exact) mass is 382 g/mol. The number of benzene rings is 2. The van der Waals surface area contributed by atoms with Gasteiger partial charge in [0, 0.05) is 21.6 Å². The fourth-order valence-corrected chi connectivity index (χ4v) is 2.23. The highest BCUT2D eigenvalue weighted by atomic mass is 79.9. The Morgan fingerprint density at radius 2 is 1.58 bits per heavy atom. The van der Waals surface area contributed by atoms with Crippen LogP contribution in [0.1, 0.15) is 6.92 Å². The topological polar surface area (TPSA) is 41.1 Å². The molecule has 0 saturated heterocycles. The van der Waals surface area contributed by atoms with Crippen molar-refractivity contribution >= 4 is 54.8 Å². The van der Waals surface area contributed by atoms with E-state index in [1.165, 1.54) is 6.92 Å². The lowest BCUT2D eigenvalue weighted by atomic mass is 10.2. The van der Waals surface area contributed by atoms with Crippen LogP contribution in [0, 0.1) is 0 Å². The summed E-state index contributed by atoms with van der Waals surface area (Å²) in [4.78, 5) is 11.2. The SMILES string of the molecule is CC(=O)Nc1cc(Br)ccc1Nc1ccc(Br)cc1. The number of anilines is 3. The van der Waals surface area contributed by atoms with E-state index in [0.29, 0.717) is 0 Å². The molecule has 0 bridgehead atoms. The highest BCUT2D eigenvalue weighted by molar-refractivity contribution is 9.10. The van der Waals surface area contributed by atoms with Crippen molar-refractivity contribution in [3.63, 3.8) is 0 Å². The van der Waals surface area contributed by atoms with E-state index in [4.69, 9.17) is 0 Å². The van der Waals surface area contributed by atoms with Crippen molar-refractivity contribution < 1.29 is 4.79 Å². The molecule has 0 heterocycles. The molecule has 0 atom stereocenters. The van der Waals surface area contributed by atoms with Crippen LogP contribution in [-0.4, -0.2) is 5.91 Å². The van der Waals surface area contributed by atoms with Crippen LogP contribution in [0.15, 0.2) is 51.4 Å². The number of hydrogen-bond donors (Lipinski definition) is 2. The number of nitrogens with one attached hydrogen (secondary N) is 2. The number of carbonyl (C=O) groups is 1. The molecule has 2 aromatic carbocycles. The van der Waals surface area contributed by atoms with E-state index in [2.05, 4.69) is 42.5 Å². The third kappa shape index (κ3) is 4.08. The van der Waals surface area contributed by atoms with Crippen molar-refractivity contribution in [3.8, 4) is 0 Å². The van der Waals surface area contributed by atoms with Gasteiger partial charge in [-0.1, -0.05) is 31.9 Å². The zero-order chi connectivity index (χ0) is 13.8. The van der Waals surface area contributed by atoms with Crippen LogP contribution >= 0.6 is 31.9 Å². The molecule has 0 aromatic heterocycles. The van der Waals surface area contributed by atoms with Gasteiger partial charge in [-0.15, -0.1) is 0 Å². The lowest BCUT2D eigenvalue weighted by molar-refractivity contribution is -0.114. The molecule has 2 N–H and O–H groups in total. The smallest absolute Gasteiger partial charge is 0.221 e. The predicted octanol–water partition coefficient (Wildman–Crippen LogP) is 4.91. The molecule has 0 spiro atoms. The number of halogens is 2. The van der Waals surface area contributed by atoms with E-state index in [-0.39, 0.29) is 5.91 Å². The molecule has 3 nitrogen and oxygen atoms in total. The average molecular weight is 384 g/mol. The van der Waals surface area contributed by atoms with Crippen molar-refractivity contribution in [1.82, 2.24) is 0 Å². The quantitative estimate of drug-likeness (QED) is 0.790. The van der Waals surface area contributed by atoms with Gasteiger partial charge in [0.05, 0.1) is 11.4 Å². The summed E-state index contributed by atoms with van der Waals surface area (Å²) in [5, 5.41) is 6.08. The largest absolute Gasteiger partial charge is 0.354 e. The van der Waals surface area contributed by atoms with Crippen molar-refractivity contribution in [2.45, 2.75) is 6.92 Å². The van der Waals surface area contributed by atoms with Gasteiger partial charge in [0.2, 0.25) is 5.91 Å². The van der Waals surface area contributed by atoms with Crippen LogP contribution in [0.2, 0.25) is 0 Å². The second-order valence-electron chi connectivity index (χ2n) is 4.00. The zero-order valence-electron chi connectivity index (χ0n) is 10.2. The fourth-order valence-electron chi connectivity index (χ4n) is 1.61. The van der Waals surface area contributed by atoms with Gasteiger partial charge in [-0.05, 0) is 42.5 Å². The van der Waals surface area contributed by atoms with E-state index in [9.17, 15) is 4.79 Å². The Balaban J connectivity index is 2.28. The van der Waals surface area contributed by atoms with Crippen LogP contribution in [-0.2, 0) is 4.79 Å². The maximum atomic E-state index is 11.2. The lowest BCUT2D eigenvalue weighted by Crippen LogP contribution is -2.08. The average Bonchev–Trinajstić information content (AvgIpc) is 2.34. The Labute approximate surface area is 128 Å². The molecule has 0 aliphatic carbocycles. The molecule has 98 valence electrons. The molecule has 0 aliphatic rings. The van der Waals surface area contributed by atoms with Gasteiger partial charge < -0.3 is 10.6 Å². The number of rotatable bonds is 3. The Bertz CT molecular complexity index is 597. The van der Waals surface area contributed by atoms with Crippen molar-refractivity contribution in [2.24, 2.45) is 0 Å². The van der Waals surface area contributed by atoms with Gasteiger partial charge in [-0.3, -0.25) is 4.79 Å². The summed E-state index contributed by atoms with van der Waals surface area (Å²) in [5.74, 6) is -0.100. The normalized spacial score (nSPS) is 10.1. The first-order valence-electron chi connectivity index (χ1n) is 5.64. The van der Waals surface area contributed by atoms with Crippen molar-refractivity contribution in [3.05, 3.63) is 51.4 Å². The molecule has 2 rings (SSSR count). The van der Waals surface area contributed by atoms with Crippen LogP contribution in [0.5, 0.6) is 0 Å². The standard InChI is InChI=1S/C14H12Br2N2O/c1-9(19)17-14-8-11(16)4-7-13(14)18-12-5-2-10(15)3-6-12/h2-8,18H,1H3,(H,17,19). The van der Waals surface area contributed by atoms with E-state index in [1.807, 2.05) is 42.5 Å². The number of carbonyl (C=O) groups excluding carboxylic acids is 1. The molecule has 2 aromatic rings. The first-order chi connectivity index (χ1) is 9.04. The van der Waals surface area contributed by atoms with Gasteiger partial charge in [-0.25, -0.2) is 0 Å². The van der Waals surface area contributed by atoms with Gasteiger partial charge in [0.15, 0.2) is 0 Å². The third-order valence-electron chi connectivity index (χ3n) is 2.42. The third-order valence-corrected chi connectivity index (χ3v) is 3.44. The van der Waals surface area contributed by atoms with Crippen LogP contribution in [0.3, 0.4) is 0 Å². The Morgan fingerprint density at radius 1 is 0.947 bits per heavy atom. The minimum absolute atomic E-state index is 0.100. The molecular weight excluding hydrogens is 372 g/mol. The highest BCUT2D eigenvalue weighted by Crippen LogP contribution is 2.29. The van der Waals surface area contributed by atoms with E-state index in [0.717, 1.165) is 26.0 Å². The maximum Gasteiger partial charge on any atom is 0.221 e. The summed E-state index contributed by atoms with van der Waals surface area (Å²) in [6, 6.07) is 13.5. The van der Waals surface area contributed by atoms with Gasteiger partial charge in [-0.2, -0.15) is 0 Å². The van der Waals surface area contributed by atoms with Gasteiger partial charge >= 0.3 is 0 Å². The molecule has 0 fully saturated rings. The van der Waals surface area contributed by atoms with Gasteiger partial charge in [0.25, 0.3) is 0 Å². The highest BCUT2D eigenvalue weighted by Gasteiger charge is 2.05. The molecule has 0 aliphatic heterocycles. The van der Waals surface area contributed by atoms with E-state index >= 15 is 0 Å². The molecule has 1 amide bonds. The zero-order valence-corrected chi connectivity index (χ0v) is 13.4. The van der Waals surface area contributed by atoms with Crippen LogP contribution < -0.4 is 10.6 Å². The van der Waals surface area contributed by atoms with E-state index < -0.39 is 0 Å². The van der Waals surface area contributed by atoms with Crippen LogP contribution in [0.4, 0.5) is 17.1 Å². The Kier molecular flexibility index (Phi) is 4.61. The van der Waals surface area contributed by atoms with Crippen molar-refractivity contribution in [1.29, 1.82) is 0 Å². The summed E-state index contributed by atoms with van der Waals surface area (Å²) in [6.45, 7) is 1.49. The summed E-state index contributed by atoms with van der Waals surface area (Å²) in [6.07, 6.45) is 0. The van der Waals surface area contributed by atoms with Crippen LogP contribution in [0.25, 0.3) is 0 Å². The first-order valence-corrected chi connectivity index (χ1v) is 7.23. The Morgan fingerprint density at radius 3 is 2.21 bits per heavy atom. The minimum atomic E-state index is -0.100. The predicted molar refractivity (Wildman–Crippen MR) is 85.9 cm³/mol. The summed E-state index contributed by atoms with van der Waals surface area (Å²) >= 11 is 6.79. The minimum Gasteiger partial charge on any atom is -0.354 e. The first kappa shape index (κ1) is 14.1. The second kappa shape index (κ2) is 6.21. The van der Waals surface area contributed by atoms with Gasteiger partial charge in [0.1, 0.15) is 0 Å². The molecule has 5 heteroatoms. The summed E-state index contributed by atoms with van der Waals surface area (Å²) in [5.41, 5.74) is 2.54. The Hall–Kier alpha value is -1.33. The molecule has 19 heavy (non-hydrogen) atoms. The van der Waals surface area contributed by atoms with E-state index in [1.54, 1.807) is 0 Å². The second-order valence-corrected chi connectivity index (χ2v) is 5.83. The fraction of sp³-hybridized carbons (Fsp3) is 0.0714. The summed E-state index contributed by atoms with van der Waals surface area (Å²) < 4.78 is 1.94. The molecule has 0 saturated carbocycles. The number of amides is 1.